The molecule has 10 heteroatoms. The second-order valence-electron chi connectivity index (χ2n) is 10.1. The molecule has 226 valence electrons. The van der Waals surface area contributed by atoms with Crippen molar-refractivity contribution in [3.05, 3.63) is 90.0 Å². The molecule has 3 aromatic rings. The number of hydrogen-bond acceptors (Lipinski definition) is 6. The third-order valence-corrected chi connectivity index (χ3v) is 8.00. The van der Waals surface area contributed by atoms with Crippen molar-refractivity contribution in [2.45, 2.75) is 52.2 Å². The Hall–Kier alpha value is -4.05. The lowest BCUT2D eigenvalue weighted by Crippen LogP contribution is -2.54. The van der Waals surface area contributed by atoms with Gasteiger partial charge in [-0.3, -0.25) is 13.9 Å². The molecular weight excluding hydrogens is 554 g/mol. The quantitative estimate of drug-likeness (QED) is 0.279. The molecule has 0 heterocycles. The Morgan fingerprint density at radius 3 is 2.24 bits per heavy atom. The first kappa shape index (κ1) is 32.5. The van der Waals surface area contributed by atoms with Crippen LogP contribution >= 0.6 is 0 Å². The van der Waals surface area contributed by atoms with Crippen molar-refractivity contribution in [1.82, 2.24) is 10.2 Å². The SMILES string of the molecule is CCOc1ccccc1N(CC(=O)N(Cc1cccc(OC)c1)[C@@H](Cc1ccccc1)C(=O)N[C@@H](C)CC)S(C)(=O)=O. The Kier molecular flexibility index (Phi) is 11.8. The maximum absolute atomic E-state index is 14.3. The van der Waals surface area contributed by atoms with Gasteiger partial charge in [-0.1, -0.05) is 61.5 Å². The predicted octanol–water partition coefficient (Wildman–Crippen LogP) is 4.41. The normalized spacial score (nSPS) is 12.6. The highest BCUT2D eigenvalue weighted by molar-refractivity contribution is 7.92. The van der Waals surface area contributed by atoms with E-state index in [-0.39, 0.29) is 30.6 Å². The van der Waals surface area contributed by atoms with Gasteiger partial charge in [-0.2, -0.15) is 0 Å². The van der Waals surface area contributed by atoms with Crippen molar-refractivity contribution in [3.8, 4) is 11.5 Å². The lowest BCUT2D eigenvalue weighted by atomic mass is 10.0. The molecule has 0 saturated carbocycles. The van der Waals surface area contributed by atoms with Crippen LogP contribution in [0.1, 0.15) is 38.3 Å². The zero-order valence-electron chi connectivity index (χ0n) is 24.9. The Bertz CT molecular complexity index is 1430. The van der Waals surface area contributed by atoms with Crippen LogP contribution in [-0.4, -0.2) is 63.7 Å². The number of methoxy groups -OCH3 is 1. The van der Waals surface area contributed by atoms with E-state index >= 15 is 0 Å². The molecule has 0 aliphatic rings. The van der Waals surface area contributed by atoms with Crippen molar-refractivity contribution in [2.24, 2.45) is 0 Å². The van der Waals surface area contributed by atoms with Gasteiger partial charge in [0.05, 0.1) is 25.7 Å². The molecular formula is C32H41N3O6S. The summed E-state index contributed by atoms with van der Waals surface area (Å²) in [6.07, 6.45) is 2.00. The Labute approximate surface area is 249 Å². The number of carbonyl (C=O) groups excluding carboxylic acids is 2. The number of hydrogen-bond donors (Lipinski definition) is 1. The molecule has 0 aliphatic carbocycles. The maximum Gasteiger partial charge on any atom is 0.244 e. The third-order valence-electron chi connectivity index (χ3n) is 6.87. The van der Waals surface area contributed by atoms with Crippen molar-refractivity contribution < 1.29 is 27.5 Å². The van der Waals surface area contributed by atoms with E-state index in [4.69, 9.17) is 9.47 Å². The Morgan fingerprint density at radius 1 is 0.929 bits per heavy atom. The fourth-order valence-corrected chi connectivity index (χ4v) is 5.35. The van der Waals surface area contributed by atoms with Gasteiger partial charge in [-0.05, 0) is 55.7 Å². The maximum atomic E-state index is 14.3. The van der Waals surface area contributed by atoms with Crippen LogP contribution in [0.25, 0.3) is 0 Å². The van der Waals surface area contributed by atoms with Crippen LogP contribution in [0.4, 0.5) is 5.69 Å². The van der Waals surface area contributed by atoms with E-state index in [0.29, 0.717) is 24.5 Å². The Balaban J connectivity index is 2.10. The lowest BCUT2D eigenvalue weighted by Gasteiger charge is -2.34. The van der Waals surface area contributed by atoms with E-state index in [0.717, 1.165) is 21.7 Å². The fraction of sp³-hybridized carbons (Fsp3) is 0.375. The van der Waals surface area contributed by atoms with Gasteiger partial charge in [0.1, 0.15) is 24.1 Å². The summed E-state index contributed by atoms with van der Waals surface area (Å²) in [4.78, 5) is 29.5. The molecule has 0 fully saturated rings. The lowest BCUT2D eigenvalue weighted by molar-refractivity contribution is -0.140. The monoisotopic (exact) mass is 595 g/mol. The van der Waals surface area contributed by atoms with E-state index in [9.17, 15) is 18.0 Å². The van der Waals surface area contributed by atoms with Crippen LogP contribution in [0, 0.1) is 0 Å². The van der Waals surface area contributed by atoms with E-state index in [1.807, 2.05) is 56.3 Å². The predicted molar refractivity (Wildman–Crippen MR) is 165 cm³/mol. The largest absolute Gasteiger partial charge is 0.497 e. The topological polar surface area (TPSA) is 105 Å². The first-order chi connectivity index (χ1) is 20.1. The highest BCUT2D eigenvalue weighted by atomic mass is 32.2. The van der Waals surface area contributed by atoms with Crippen molar-refractivity contribution >= 4 is 27.5 Å². The minimum Gasteiger partial charge on any atom is -0.497 e. The minimum absolute atomic E-state index is 0.0617. The zero-order valence-corrected chi connectivity index (χ0v) is 25.8. The number of rotatable bonds is 15. The highest BCUT2D eigenvalue weighted by Gasteiger charge is 2.34. The average molecular weight is 596 g/mol. The molecule has 2 atom stereocenters. The van der Waals surface area contributed by atoms with Gasteiger partial charge < -0.3 is 19.7 Å². The van der Waals surface area contributed by atoms with Crippen LogP contribution in [-0.2, 0) is 32.6 Å². The average Bonchev–Trinajstić information content (AvgIpc) is 2.98. The van der Waals surface area contributed by atoms with Crippen LogP contribution in [0.5, 0.6) is 11.5 Å². The minimum atomic E-state index is -3.91. The molecule has 0 bridgehead atoms. The van der Waals surface area contributed by atoms with Gasteiger partial charge >= 0.3 is 0 Å². The molecule has 0 spiro atoms. The summed E-state index contributed by atoms with van der Waals surface area (Å²) in [5, 5.41) is 3.03. The molecule has 0 radical (unpaired) electrons. The second kappa shape index (κ2) is 15.3. The number of benzene rings is 3. The van der Waals surface area contributed by atoms with Crippen LogP contribution in [0.3, 0.4) is 0 Å². The Morgan fingerprint density at radius 2 is 1.60 bits per heavy atom. The van der Waals surface area contributed by atoms with Crippen LogP contribution in [0.15, 0.2) is 78.9 Å². The smallest absolute Gasteiger partial charge is 0.244 e. The molecule has 42 heavy (non-hydrogen) atoms. The van der Waals surface area contributed by atoms with Crippen LogP contribution in [0.2, 0.25) is 0 Å². The standard InChI is InChI=1S/C32H41N3O6S/c1-6-24(3)33-32(37)29(21-25-14-9-8-10-15-25)34(22-26-16-13-17-27(20-26)40-4)31(36)23-35(42(5,38)39)28-18-11-12-19-30(28)41-7-2/h8-20,24,29H,6-7,21-23H2,1-5H3,(H,33,37)/t24-,29-/m0/s1. The fourth-order valence-electron chi connectivity index (χ4n) is 4.50. The van der Waals surface area contributed by atoms with Gasteiger partial charge in [-0.15, -0.1) is 0 Å². The van der Waals surface area contributed by atoms with Crippen LogP contribution < -0.4 is 19.1 Å². The molecule has 3 rings (SSSR count). The number of anilines is 1. The summed E-state index contributed by atoms with van der Waals surface area (Å²) in [6.45, 7) is 5.53. The van der Waals surface area contributed by atoms with E-state index in [1.165, 1.54) is 4.90 Å². The number of carbonyl (C=O) groups is 2. The number of amides is 2. The third kappa shape index (κ3) is 8.97. The molecule has 1 N–H and O–H groups in total. The summed E-state index contributed by atoms with van der Waals surface area (Å²) < 4.78 is 38.2. The first-order valence-electron chi connectivity index (χ1n) is 14.0. The van der Waals surface area contributed by atoms with Gasteiger partial charge in [0.15, 0.2) is 0 Å². The van der Waals surface area contributed by atoms with Crippen molar-refractivity contribution in [2.75, 3.05) is 30.8 Å². The number of para-hydroxylation sites is 2. The van der Waals surface area contributed by atoms with Gasteiger partial charge in [0.2, 0.25) is 21.8 Å². The highest BCUT2D eigenvalue weighted by Crippen LogP contribution is 2.30. The number of ether oxygens (including phenoxy) is 2. The summed E-state index contributed by atoms with van der Waals surface area (Å²) in [7, 11) is -2.36. The molecule has 0 unspecified atom stereocenters. The van der Waals surface area contributed by atoms with Gasteiger partial charge in [0.25, 0.3) is 0 Å². The molecule has 3 aromatic carbocycles. The summed E-state index contributed by atoms with van der Waals surface area (Å²) >= 11 is 0. The number of nitrogens with zero attached hydrogens (tertiary/aromatic N) is 2. The molecule has 0 aliphatic heterocycles. The van der Waals surface area contributed by atoms with E-state index < -0.39 is 28.5 Å². The van der Waals surface area contributed by atoms with Crippen molar-refractivity contribution in [3.63, 3.8) is 0 Å². The number of nitrogens with one attached hydrogen (secondary N) is 1. The molecule has 0 saturated heterocycles. The first-order valence-corrected chi connectivity index (χ1v) is 15.9. The van der Waals surface area contributed by atoms with Gasteiger partial charge in [0, 0.05) is 19.0 Å². The number of sulfonamides is 1. The summed E-state index contributed by atoms with van der Waals surface area (Å²) in [6, 6.07) is 22.3. The molecule has 9 nitrogen and oxygen atoms in total. The second-order valence-corrected chi connectivity index (χ2v) is 12.0. The summed E-state index contributed by atoms with van der Waals surface area (Å²) in [5.41, 5.74) is 1.85. The van der Waals surface area contributed by atoms with E-state index in [1.54, 1.807) is 50.4 Å². The van der Waals surface area contributed by atoms with E-state index in [2.05, 4.69) is 5.32 Å². The zero-order chi connectivity index (χ0) is 30.7. The van der Waals surface area contributed by atoms with Gasteiger partial charge in [-0.25, -0.2) is 8.42 Å². The molecule has 0 aromatic heterocycles. The van der Waals surface area contributed by atoms with Crippen molar-refractivity contribution in [1.29, 1.82) is 0 Å². The molecule has 2 amide bonds. The summed E-state index contributed by atoms with van der Waals surface area (Å²) in [5.74, 6) is 0.0970.